The highest BCUT2D eigenvalue weighted by atomic mass is 32.1. The van der Waals surface area contributed by atoms with E-state index in [1.807, 2.05) is 0 Å². The van der Waals surface area contributed by atoms with Crippen LogP contribution in [0.4, 0.5) is 13.2 Å². The zero-order valence-electron chi connectivity index (χ0n) is 9.21. The Bertz CT molecular complexity index is 423. The Morgan fingerprint density at radius 1 is 1.41 bits per heavy atom. The lowest BCUT2D eigenvalue weighted by Gasteiger charge is -2.24. The smallest absolute Gasteiger partial charge is 0.388 e. The second kappa shape index (κ2) is 3.96. The molecule has 0 aliphatic heterocycles. The van der Waals surface area contributed by atoms with Gasteiger partial charge < -0.3 is 10.2 Å². The van der Waals surface area contributed by atoms with Crippen LogP contribution in [0.15, 0.2) is 6.07 Å². The van der Waals surface area contributed by atoms with Crippen molar-refractivity contribution in [3.63, 3.8) is 0 Å². The number of rotatable bonds is 1. The van der Waals surface area contributed by atoms with Crippen molar-refractivity contribution in [3.8, 4) is 0 Å². The molecule has 1 aliphatic rings. The summed E-state index contributed by atoms with van der Waals surface area (Å²) in [6.07, 6.45) is -3.40. The third kappa shape index (κ3) is 2.09. The fraction of sp³-hybridized carbons (Fsp3) is 0.636. The van der Waals surface area contributed by atoms with Gasteiger partial charge in [0.05, 0.1) is 6.10 Å². The summed E-state index contributed by atoms with van der Waals surface area (Å²) >= 11 is 0.943. The number of hydrogen-bond donors (Lipinski definition) is 2. The molecule has 0 aromatic carbocycles. The first-order valence-corrected chi connectivity index (χ1v) is 6.15. The molecule has 6 heteroatoms. The fourth-order valence-electron chi connectivity index (χ4n) is 1.91. The van der Waals surface area contributed by atoms with Gasteiger partial charge in [0.1, 0.15) is 0 Å². The van der Waals surface area contributed by atoms with Crippen molar-refractivity contribution in [2.75, 3.05) is 0 Å². The van der Waals surface area contributed by atoms with Crippen molar-refractivity contribution in [2.45, 2.75) is 44.1 Å². The maximum atomic E-state index is 12.7. The first-order valence-electron chi connectivity index (χ1n) is 5.33. The van der Waals surface area contributed by atoms with E-state index in [-0.39, 0.29) is 4.88 Å². The van der Waals surface area contributed by atoms with Gasteiger partial charge in [-0.2, -0.15) is 13.2 Å². The Hall–Kier alpha value is -0.590. The van der Waals surface area contributed by atoms with Crippen LogP contribution in [-0.4, -0.2) is 16.4 Å². The summed E-state index contributed by atoms with van der Waals surface area (Å²) in [6.45, 7) is 0.747. The lowest BCUT2D eigenvalue weighted by molar-refractivity contribution is -0.257. The van der Waals surface area contributed by atoms with Gasteiger partial charge in [0.25, 0.3) is 0 Å². The number of alkyl halides is 3. The van der Waals surface area contributed by atoms with Crippen molar-refractivity contribution in [3.05, 3.63) is 21.4 Å². The molecule has 0 radical (unpaired) electrons. The summed E-state index contributed by atoms with van der Waals surface area (Å²) in [6, 6.07) is 1.29. The van der Waals surface area contributed by atoms with Crippen LogP contribution in [0.3, 0.4) is 0 Å². The van der Waals surface area contributed by atoms with Crippen molar-refractivity contribution in [1.29, 1.82) is 0 Å². The number of aryl methyl sites for hydroxylation is 1. The molecule has 2 unspecified atom stereocenters. The molecule has 1 heterocycles. The molecular weight excluding hydrogens is 253 g/mol. The normalized spacial score (nSPS) is 24.2. The second-order valence-electron chi connectivity index (χ2n) is 4.47. The van der Waals surface area contributed by atoms with E-state index in [2.05, 4.69) is 0 Å². The summed E-state index contributed by atoms with van der Waals surface area (Å²) in [5, 5.41) is 19.2. The van der Waals surface area contributed by atoms with Crippen LogP contribution in [-0.2, 0) is 12.0 Å². The summed E-state index contributed by atoms with van der Waals surface area (Å²) in [5.41, 5.74) is -2.30. The Balaban J connectivity index is 2.42. The standard InChI is InChI=1S/C11H13F3O2S/c1-10(16,11(12,13)14)9-5-6-7(15)3-2-4-8(6)17-9/h5,7,15-16H,2-4H2,1H3. The van der Waals surface area contributed by atoms with Gasteiger partial charge in [-0.15, -0.1) is 11.3 Å². The summed E-state index contributed by atoms with van der Waals surface area (Å²) < 4.78 is 38.0. The topological polar surface area (TPSA) is 40.5 Å². The first kappa shape index (κ1) is 12.9. The molecule has 0 amide bonds. The predicted octanol–water partition coefficient (Wildman–Crippen LogP) is 2.89. The Labute approximate surface area is 101 Å². The summed E-state index contributed by atoms with van der Waals surface area (Å²) in [7, 11) is 0. The minimum Gasteiger partial charge on any atom is -0.388 e. The van der Waals surface area contributed by atoms with Gasteiger partial charge in [-0.1, -0.05) is 0 Å². The monoisotopic (exact) mass is 266 g/mol. The largest absolute Gasteiger partial charge is 0.421 e. The zero-order valence-corrected chi connectivity index (χ0v) is 10.0. The molecule has 0 saturated carbocycles. The minimum absolute atomic E-state index is 0.143. The van der Waals surface area contributed by atoms with Crippen LogP contribution in [0.25, 0.3) is 0 Å². The van der Waals surface area contributed by atoms with Crippen molar-refractivity contribution < 1.29 is 23.4 Å². The fourth-order valence-corrected chi connectivity index (χ4v) is 3.24. The molecule has 0 bridgehead atoms. The third-order valence-electron chi connectivity index (χ3n) is 3.11. The molecule has 0 saturated heterocycles. The molecule has 2 N–H and O–H groups in total. The number of hydrogen-bond acceptors (Lipinski definition) is 3. The molecule has 1 aliphatic carbocycles. The molecule has 0 fully saturated rings. The van der Waals surface area contributed by atoms with Crippen LogP contribution < -0.4 is 0 Å². The van der Waals surface area contributed by atoms with E-state index in [0.29, 0.717) is 18.4 Å². The molecule has 1 aromatic rings. The molecule has 2 atom stereocenters. The lowest BCUT2D eigenvalue weighted by atomic mass is 9.94. The quantitative estimate of drug-likeness (QED) is 0.820. The van der Waals surface area contributed by atoms with E-state index >= 15 is 0 Å². The van der Waals surface area contributed by atoms with Gasteiger partial charge in [-0.3, -0.25) is 0 Å². The maximum absolute atomic E-state index is 12.7. The average molecular weight is 266 g/mol. The van der Waals surface area contributed by atoms with Crippen LogP contribution in [0.2, 0.25) is 0 Å². The van der Waals surface area contributed by atoms with Gasteiger partial charge in [0.15, 0.2) is 5.60 Å². The highest BCUT2D eigenvalue weighted by molar-refractivity contribution is 7.12. The molecule has 17 heavy (non-hydrogen) atoms. The number of aliphatic hydroxyl groups is 2. The predicted molar refractivity (Wildman–Crippen MR) is 57.8 cm³/mol. The van der Waals surface area contributed by atoms with Gasteiger partial charge >= 0.3 is 6.18 Å². The van der Waals surface area contributed by atoms with E-state index in [1.165, 1.54) is 6.07 Å². The van der Waals surface area contributed by atoms with Gasteiger partial charge in [-0.05, 0) is 37.8 Å². The second-order valence-corrected chi connectivity index (χ2v) is 5.60. The van der Waals surface area contributed by atoms with Crippen LogP contribution in [0.1, 0.15) is 41.2 Å². The van der Waals surface area contributed by atoms with E-state index in [1.54, 1.807) is 0 Å². The van der Waals surface area contributed by atoms with Crippen LogP contribution >= 0.6 is 11.3 Å². The Kier molecular flexibility index (Phi) is 3.00. The molecule has 1 aromatic heterocycles. The number of aliphatic hydroxyl groups excluding tert-OH is 1. The van der Waals surface area contributed by atoms with Gasteiger partial charge in [0.2, 0.25) is 0 Å². The molecule has 0 spiro atoms. The number of thiophene rings is 1. The number of fused-ring (bicyclic) bond motifs is 1. The summed E-state index contributed by atoms with van der Waals surface area (Å²) in [4.78, 5) is 0.610. The van der Waals surface area contributed by atoms with Crippen molar-refractivity contribution in [2.24, 2.45) is 0 Å². The summed E-state index contributed by atoms with van der Waals surface area (Å²) in [5.74, 6) is 0. The Morgan fingerprint density at radius 2 is 2.06 bits per heavy atom. The van der Waals surface area contributed by atoms with E-state index < -0.39 is 17.9 Å². The van der Waals surface area contributed by atoms with Crippen LogP contribution in [0, 0.1) is 0 Å². The number of halogens is 3. The molecule has 2 rings (SSSR count). The highest BCUT2D eigenvalue weighted by Crippen LogP contribution is 2.45. The van der Waals surface area contributed by atoms with E-state index in [9.17, 15) is 23.4 Å². The molecule has 2 nitrogen and oxygen atoms in total. The molecule has 96 valence electrons. The van der Waals surface area contributed by atoms with Crippen molar-refractivity contribution in [1.82, 2.24) is 0 Å². The van der Waals surface area contributed by atoms with Crippen LogP contribution in [0.5, 0.6) is 0 Å². The first-order chi connectivity index (χ1) is 7.73. The van der Waals surface area contributed by atoms with Gasteiger partial charge in [0, 0.05) is 9.75 Å². The maximum Gasteiger partial charge on any atom is 0.421 e. The third-order valence-corrected chi connectivity index (χ3v) is 4.54. The van der Waals surface area contributed by atoms with Gasteiger partial charge in [-0.25, -0.2) is 0 Å². The highest BCUT2D eigenvalue weighted by Gasteiger charge is 2.52. The zero-order chi connectivity index (χ0) is 12.8. The van der Waals surface area contributed by atoms with Crippen molar-refractivity contribution >= 4 is 11.3 Å². The average Bonchev–Trinajstić information content (AvgIpc) is 2.61. The Morgan fingerprint density at radius 3 is 2.59 bits per heavy atom. The minimum atomic E-state index is -4.70. The molecular formula is C11H13F3O2S. The van der Waals surface area contributed by atoms with E-state index in [0.717, 1.165) is 29.6 Å². The van der Waals surface area contributed by atoms with E-state index in [4.69, 9.17) is 0 Å². The SMILES string of the molecule is CC(O)(c1cc2c(s1)CCCC2O)C(F)(F)F. The lowest BCUT2D eigenvalue weighted by Crippen LogP contribution is -2.38.